The Labute approximate surface area is 144 Å². The zero-order valence-electron chi connectivity index (χ0n) is 13.0. The molecule has 0 bridgehead atoms. The van der Waals surface area contributed by atoms with E-state index in [1.807, 2.05) is 0 Å². The number of nitrogens with zero attached hydrogens (tertiary/aromatic N) is 2. The van der Waals surface area contributed by atoms with E-state index in [1.54, 1.807) is 0 Å². The molecule has 27 heavy (non-hydrogen) atoms. The van der Waals surface area contributed by atoms with Crippen LogP contribution in [0.15, 0.2) is 12.3 Å². The summed E-state index contributed by atoms with van der Waals surface area (Å²) in [4.78, 5) is 29.2. The fraction of sp³-hybridized carbons (Fsp3) is 0.455. The number of amides is 1. The molecule has 1 rings (SSSR count). The molecule has 1 aromatic rings. The summed E-state index contributed by atoms with van der Waals surface area (Å²) in [7, 11) is 0. The summed E-state index contributed by atoms with van der Waals surface area (Å²) in [6, 6.07) is 1.13. The smallest absolute Gasteiger partial charge is 0.481 e. The zero-order valence-corrected chi connectivity index (χ0v) is 13.0. The van der Waals surface area contributed by atoms with Crippen LogP contribution >= 0.6 is 0 Å². The number of hydrogen-bond acceptors (Lipinski definition) is 5. The molecule has 0 saturated heterocycles. The molecule has 0 spiro atoms. The highest BCUT2D eigenvalue weighted by atomic mass is 19.4. The van der Waals surface area contributed by atoms with Crippen molar-refractivity contribution in [3.63, 3.8) is 0 Å². The van der Waals surface area contributed by atoms with Crippen LogP contribution in [0.2, 0.25) is 0 Å². The van der Waals surface area contributed by atoms with Crippen LogP contribution in [0, 0.1) is 0 Å². The maximum absolute atomic E-state index is 11.8. The fourth-order valence-corrected chi connectivity index (χ4v) is 0.913. The predicted octanol–water partition coefficient (Wildman–Crippen LogP) is 2.47. The summed E-state index contributed by atoms with van der Waals surface area (Å²) < 4.78 is 92.1. The van der Waals surface area contributed by atoms with Crippen molar-refractivity contribution >= 4 is 17.8 Å². The van der Waals surface area contributed by atoms with Crippen molar-refractivity contribution in [2.45, 2.75) is 32.4 Å². The number of carboxylic acid groups (broad SMARTS) is 1. The number of halogens is 8. The second-order valence-corrected chi connectivity index (χ2v) is 4.05. The fourth-order valence-electron chi connectivity index (χ4n) is 0.913. The number of nitrogens with two attached hydrogens (primary N) is 1. The molecule has 16 heteroatoms. The number of esters is 1. The predicted molar refractivity (Wildman–Crippen MR) is 68.1 cm³/mol. The Morgan fingerprint density at radius 2 is 1.70 bits per heavy atom. The quantitative estimate of drug-likeness (QED) is 0.575. The van der Waals surface area contributed by atoms with E-state index >= 15 is 0 Å². The molecule has 3 N–H and O–H groups in total. The van der Waals surface area contributed by atoms with Gasteiger partial charge in [-0.05, 0) is 6.07 Å². The van der Waals surface area contributed by atoms with Crippen LogP contribution < -0.4 is 5.73 Å². The van der Waals surface area contributed by atoms with Crippen molar-refractivity contribution in [1.29, 1.82) is 0 Å². The average molecular weight is 417 g/mol. The molecule has 1 amide bonds. The van der Waals surface area contributed by atoms with Gasteiger partial charge in [0.2, 0.25) is 0 Å². The number of carboxylic acids is 1. The second-order valence-electron chi connectivity index (χ2n) is 4.05. The number of carbonyl (C=O) groups excluding carboxylic acids is 2. The van der Waals surface area contributed by atoms with E-state index in [1.165, 1.54) is 0 Å². The molecular formula is C11H11F8N3O5. The first-order chi connectivity index (χ1) is 11.9. The normalized spacial score (nSPS) is 10.9. The van der Waals surface area contributed by atoms with E-state index in [0.29, 0.717) is 11.6 Å². The van der Waals surface area contributed by atoms with Gasteiger partial charge in [-0.15, -0.1) is 13.2 Å². The number of alkyl halides is 8. The molecule has 0 aliphatic carbocycles. The number of aromatic nitrogens is 2. The first-order valence-corrected chi connectivity index (χ1v) is 6.12. The molecule has 0 atom stereocenters. The average Bonchev–Trinajstić information content (AvgIpc) is 2.83. The third-order valence-corrected chi connectivity index (χ3v) is 1.67. The van der Waals surface area contributed by atoms with E-state index in [2.05, 4.69) is 9.84 Å². The molecule has 0 aromatic carbocycles. The molecule has 0 aliphatic rings. The number of ether oxygens (including phenoxy) is 1. The Balaban J connectivity index is 0. The number of aliphatic carboxylic acids is 1. The lowest BCUT2D eigenvalue weighted by Gasteiger charge is -2.02. The van der Waals surface area contributed by atoms with E-state index in [9.17, 15) is 49.5 Å². The molecule has 1 heterocycles. The summed E-state index contributed by atoms with van der Waals surface area (Å²) in [5.74, 6) is -4.01. The second kappa shape index (κ2) is 10.9. The van der Waals surface area contributed by atoms with Gasteiger partial charge in [-0.3, -0.25) is 14.4 Å². The van der Waals surface area contributed by atoms with Crippen molar-refractivity contribution in [2.75, 3.05) is 0 Å². The van der Waals surface area contributed by atoms with Gasteiger partial charge in [0.15, 0.2) is 0 Å². The van der Waals surface area contributed by atoms with Crippen molar-refractivity contribution in [2.24, 2.45) is 5.73 Å². The lowest BCUT2D eigenvalue weighted by Crippen LogP contribution is -2.16. The van der Waals surface area contributed by atoms with E-state index in [-0.39, 0.29) is 5.69 Å². The molecular weight excluding hydrogens is 406 g/mol. The van der Waals surface area contributed by atoms with Crippen LogP contribution in [0.25, 0.3) is 0 Å². The molecule has 1 aromatic heterocycles. The number of rotatable bonds is 3. The van der Waals surface area contributed by atoms with Crippen molar-refractivity contribution < 1.29 is 59.4 Å². The van der Waals surface area contributed by atoms with Crippen LogP contribution in [0.4, 0.5) is 35.1 Å². The van der Waals surface area contributed by atoms with Gasteiger partial charge in [0.1, 0.15) is 12.1 Å². The van der Waals surface area contributed by atoms with Gasteiger partial charge in [0, 0.05) is 13.1 Å². The maximum atomic E-state index is 11.8. The lowest BCUT2D eigenvalue weighted by atomic mass is 10.4. The number of hydrogen-bond donors (Lipinski definition) is 2. The van der Waals surface area contributed by atoms with Crippen LogP contribution in [0.1, 0.15) is 30.4 Å². The van der Waals surface area contributed by atoms with E-state index < -0.39 is 43.4 Å². The van der Waals surface area contributed by atoms with E-state index in [0.717, 1.165) is 12.3 Å². The van der Waals surface area contributed by atoms with Crippen LogP contribution in [0.5, 0.6) is 0 Å². The van der Waals surface area contributed by atoms with Crippen LogP contribution in [0.3, 0.4) is 0 Å². The Morgan fingerprint density at radius 1 is 1.22 bits per heavy atom. The van der Waals surface area contributed by atoms with Crippen molar-refractivity contribution in [3.8, 4) is 0 Å². The third kappa shape index (κ3) is 17.7. The minimum atomic E-state index is -4.83. The topological polar surface area (TPSA) is 125 Å². The van der Waals surface area contributed by atoms with Crippen molar-refractivity contribution in [1.82, 2.24) is 9.78 Å². The molecule has 0 fully saturated rings. The molecule has 156 valence electrons. The molecule has 0 saturated carbocycles. The van der Waals surface area contributed by atoms with Gasteiger partial charge >= 0.3 is 31.0 Å². The first-order valence-electron chi connectivity index (χ1n) is 6.12. The lowest BCUT2D eigenvalue weighted by molar-refractivity contribution is -0.304. The SMILES string of the molecule is CC(=O)OC(F)(F)F.NC(=O)c1ccn(C(F)F)n1.O=C(O)CC(F)(F)F. The van der Waals surface area contributed by atoms with Gasteiger partial charge in [-0.1, -0.05) is 0 Å². The summed E-state index contributed by atoms with van der Waals surface area (Å²) in [6.45, 7) is -2.05. The zero-order chi connectivity index (χ0) is 22.0. The standard InChI is InChI=1S/C5H5F2N3O.2C3H3F3O2/c6-5(7)10-2-1-3(9-10)4(8)11;1-2(7)8-3(4,5)6;4-3(5,6)1-2(7)8/h1-2,5H,(H2,8,11);1H3;1H2,(H,7,8). The highest BCUT2D eigenvalue weighted by Gasteiger charge is 2.32. The Bertz CT molecular complexity index is 600. The Hall–Kier alpha value is -2.94. The van der Waals surface area contributed by atoms with Crippen LogP contribution in [-0.4, -0.2) is 45.3 Å². The molecule has 0 radical (unpaired) electrons. The number of primary amides is 1. The minimum absolute atomic E-state index is 0.162. The van der Waals surface area contributed by atoms with Gasteiger partial charge in [0.05, 0.1) is 0 Å². The van der Waals surface area contributed by atoms with E-state index in [4.69, 9.17) is 10.8 Å². The van der Waals surface area contributed by atoms with Crippen LogP contribution in [-0.2, 0) is 14.3 Å². The highest BCUT2D eigenvalue weighted by Crippen LogP contribution is 2.18. The summed E-state index contributed by atoms with van der Waals surface area (Å²) in [6.07, 6.45) is -10.2. The highest BCUT2D eigenvalue weighted by molar-refractivity contribution is 5.90. The molecule has 8 nitrogen and oxygen atoms in total. The van der Waals surface area contributed by atoms with Gasteiger partial charge in [0.25, 0.3) is 5.91 Å². The monoisotopic (exact) mass is 417 g/mol. The first kappa shape index (κ1) is 26.3. The Morgan fingerprint density at radius 3 is 1.81 bits per heavy atom. The maximum Gasteiger partial charge on any atom is 0.575 e. The summed E-state index contributed by atoms with van der Waals surface area (Å²) in [5.41, 5.74) is 4.61. The minimum Gasteiger partial charge on any atom is -0.481 e. The largest absolute Gasteiger partial charge is 0.575 e. The van der Waals surface area contributed by atoms with Gasteiger partial charge < -0.3 is 15.6 Å². The summed E-state index contributed by atoms with van der Waals surface area (Å²) >= 11 is 0. The number of carbonyl (C=O) groups is 3. The molecule has 0 unspecified atom stereocenters. The van der Waals surface area contributed by atoms with Crippen molar-refractivity contribution in [3.05, 3.63) is 18.0 Å². The summed E-state index contributed by atoms with van der Waals surface area (Å²) in [5, 5.41) is 10.7. The Kier molecular flexibility index (Phi) is 10.6. The molecule has 0 aliphatic heterocycles. The third-order valence-electron chi connectivity index (χ3n) is 1.67. The van der Waals surface area contributed by atoms with Gasteiger partial charge in [-0.25, -0.2) is 4.68 Å². The van der Waals surface area contributed by atoms with Gasteiger partial charge in [-0.2, -0.15) is 27.1 Å².